The van der Waals surface area contributed by atoms with E-state index in [1.165, 1.54) is 28.9 Å². The molecule has 0 radical (unpaired) electrons. The van der Waals surface area contributed by atoms with Crippen molar-refractivity contribution in [2.45, 2.75) is 71.1 Å². The molecule has 4 atom stereocenters. The first-order valence-corrected chi connectivity index (χ1v) is 15.3. The summed E-state index contributed by atoms with van der Waals surface area (Å²) in [6.07, 6.45) is 0.864. The SMILES string of the molecule is CCOC(=O)[C@H](CC(C)C)N1CCN(C(=O)CNC(=O)[C@@H](C)NC(=O)[C@@H](N)Cc2ccc(O)cc2)[C@@H](Cc2ccccc2)C1=O. The first-order valence-electron chi connectivity index (χ1n) is 15.3. The minimum absolute atomic E-state index is 0.0984. The van der Waals surface area contributed by atoms with Gasteiger partial charge in [-0.05, 0) is 55.9 Å². The highest BCUT2D eigenvalue weighted by molar-refractivity contribution is 5.95. The van der Waals surface area contributed by atoms with Crippen molar-refractivity contribution in [1.82, 2.24) is 20.4 Å². The molecule has 1 fully saturated rings. The van der Waals surface area contributed by atoms with Crippen LogP contribution in [0.4, 0.5) is 0 Å². The Balaban J connectivity index is 1.66. The van der Waals surface area contributed by atoms with Gasteiger partial charge in [-0.15, -0.1) is 0 Å². The molecule has 12 heteroatoms. The Kier molecular flexibility index (Phi) is 12.9. The van der Waals surface area contributed by atoms with Gasteiger partial charge in [-0.3, -0.25) is 19.2 Å². The molecule has 0 spiro atoms. The van der Waals surface area contributed by atoms with Crippen molar-refractivity contribution >= 4 is 29.6 Å². The van der Waals surface area contributed by atoms with E-state index in [-0.39, 0.29) is 56.7 Å². The number of phenols is 1. The Bertz CT molecular complexity index is 1320. The first kappa shape index (κ1) is 35.0. The van der Waals surface area contributed by atoms with Crippen molar-refractivity contribution < 1.29 is 33.8 Å². The first-order chi connectivity index (χ1) is 21.4. The maximum absolute atomic E-state index is 13.9. The average Bonchev–Trinajstić information content (AvgIpc) is 3.01. The largest absolute Gasteiger partial charge is 0.508 e. The predicted molar refractivity (Wildman–Crippen MR) is 168 cm³/mol. The molecule has 4 amide bonds. The number of nitrogens with zero attached hydrogens (tertiary/aromatic N) is 2. The third kappa shape index (κ3) is 10.0. The molecule has 2 aromatic rings. The lowest BCUT2D eigenvalue weighted by Gasteiger charge is -2.43. The fourth-order valence-electron chi connectivity index (χ4n) is 5.27. The van der Waals surface area contributed by atoms with Gasteiger partial charge >= 0.3 is 5.97 Å². The van der Waals surface area contributed by atoms with Crippen LogP contribution in [-0.2, 0) is 41.6 Å². The summed E-state index contributed by atoms with van der Waals surface area (Å²) in [4.78, 5) is 68.6. The molecular weight excluding hydrogens is 578 g/mol. The third-order valence-electron chi connectivity index (χ3n) is 7.64. The number of carbonyl (C=O) groups excluding carboxylic acids is 5. The number of carbonyl (C=O) groups is 5. The van der Waals surface area contributed by atoms with Crippen LogP contribution in [-0.4, -0.2) is 94.9 Å². The molecule has 5 N–H and O–H groups in total. The van der Waals surface area contributed by atoms with Gasteiger partial charge in [0, 0.05) is 19.5 Å². The lowest BCUT2D eigenvalue weighted by molar-refractivity contribution is -0.163. The van der Waals surface area contributed by atoms with Crippen LogP contribution in [0.3, 0.4) is 0 Å². The molecule has 244 valence electrons. The molecule has 0 aromatic heterocycles. The summed E-state index contributed by atoms with van der Waals surface area (Å²) >= 11 is 0. The van der Waals surface area contributed by atoms with Crippen LogP contribution in [0.5, 0.6) is 5.75 Å². The van der Waals surface area contributed by atoms with Gasteiger partial charge in [0.1, 0.15) is 23.9 Å². The lowest BCUT2D eigenvalue weighted by Crippen LogP contribution is -2.64. The van der Waals surface area contributed by atoms with Crippen molar-refractivity contribution in [1.29, 1.82) is 0 Å². The minimum Gasteiger partial charge on any atom is -0.508 e. The van der Waals surface area contributed by atoms with Crippen molar-refractivity contribution in [3.05, 3.63) is 65.7 Å². The number of piperazine rings is 1. The summed E-state index contributed by atoms with van der Waals surface area (Å²) in [6, 6.07) is 12.0. The van der Waals surface area contributed by atoms with E-state index in [1.807, 2.05) is 44.2 Å². The molecule has 0 saturated carbocycles. The van der Waals surface area contributed by atoms with Crippen LogP contribution in [0, 0.1) is 5.92 Å². The number of amides is 4. The quantitative estimate of drug-likeness (QED) is 0.227. The molecule has 1 aliphatic rings. The van der Waals surface area contributed by atoms with Gasteiger partial charge in [-0.2, -0.15) is 0 Å². The fraction of sp³-hybridized carbons (Fsp3) is 0.485. The van der Waals surface area contributed by atoms with E-state index in [1.54, 1.807) is 19.1 Å². The Hall–Kier alpha value is -4.45. The number of rotatable bonds is 14. The Morgan fingerprint density at radius 2 is 1.64 bits per heavy atom. The minimum atomic E-state index is -0.976. The summed E-state index contributed by atoms with van der Waals surface area (Å²) in [5.74, 6) is -2.19. The smallest absolute Gasteiger partial charge is 0.328 e. The molecule has 0 aliphatic carbocycles. The third-order valence-corrected chi connectivity index (χ3v) is 7.64. The second-order valence-corrected chi connectivity index (χ2v) is 11.6. The Morgan fingerprint density at radius 3 is 2.27 bits per heavy atom. The zero-order valence-electron chi connectivity index (χ0n) is 26.4. The molecule has 0 unspecified atom stereocenters. The van der Waals surface area contributed by atoms with Gasteiger partial charge in [-0.1, -0.05) is 56.3 Å². The van der Waals surface area contributed by atoms with Crippen LogP contribution in [0.15, 0.2) is 54.6 Å². The molecule has 2 aromatic carbocycles. The van der Waals surface area contributed by atoms with E-state index >= 15 is 0 Å². The van der Waals surface area contributed by atoms with Crippen molar-refractivity contribution in [3.8, 4) is 5.75 Å². The number of phenolic OH excluding ortho intramolecular Hbond substituents is 1. The molecule has 45 heavy (non-hydrogen) atoms. The van der Waals surface area contributed by atoms with Crippen LogP contribution < -0.4 is 16.4 Å². The molecule has 1 aliphatic heterocycles. The molecule has 1 heterocycles. The lowest BCUT2D eigenvalue weighted by atomic mass is 9.97. The van der Waals surface area contributed by atoms with E-state index < -0.39 is 47.9 Å². The highest BCUT2D eigenvalue weighted by Gasteiger charge is 2.42. The number of hydrogen-bond acceptors (Lipinski definition) is 8. The summed E-state index contributed by atoms with van der Waals surface area (Å²) in [6.45, 7) is 7.25. The summed E-state index contributed by atoms with van der Waals surface area (Å²) in [5.41, 5.74) is 7.60. The number of benzene rings is 2. The summed E-state index contributed by atoms with van der Waals surface area (Å²) in [7, 11) is 0. The van der Waals surface area contributed by atoms with E-state index in [4.69, 9.17) is 10.5 Å². The van der Waals surface area contributed by atoms with E-state index in [2.05, 4.69) is 10.6 Å². The summed E-state index contributed by atoms with van der Waals surface area (Å²) < 4.78 is 5.29. The second-order valence-electron chi connectivity index (χ2n) is 11.6. The van der Waals surface area contributed by atoms with Crippen molar-refractivity contribution in [3.63, 3.8) is 0 Å². The Morgan fingerprint density at radius 1 is 0.978 bits per heavy atom. The normalized spacial score (nSPS) is 16.9. The number of esters is 1. The second kappa shape index (κ2) is 16.6. The Labute approximate surface area is 264 Å². The van der Waals surface area contributed by atoms with Crippen LogP contribution in [0.2, 0.25) is 0 Å². The topological polar surface area (TPSA) is 171 Å². The summed E-state index contributed by atoms with van der Waals surface area (Å²) in [5, 5.41) is 14.6. The molecule has 12 nitrogen and oxygen atoms in total. The number of ether oxygens (including phenoxy) is 1. The van der Waals surface area contributed by atoms with E-state index in [9.17, 15) is 29.1 Å². The maximum atomic E-state index is 13.9. The number of aromatic hydroxyl groups is 1. The highest BCUT2D eigenvalue weighted by Crippen LogP contribution is 2.23. The number of hydrogen-bond donors (Lipinski definition) is 4. The van der Waals surface area contributed by atoms with Gasteiger partial charge in [0.05, 0.1) is 19.2 Å². The molecule has 1 saturated heterocycles. The van der Waals surface area contributed by atoms with Crippen molar-refractivity contribution in [2.75, 3.05) is 26.2 Å². The molecular formula is C33H45N5O7. The monoisotopic (exact) mass is 623 g/mol. The van der Waals surface area contributed by atoms with Crippen LogP contribution >= 0.6 is 0 Å². The van der Waals surface area contributed by atoms with Gasteiger partial charge in [0.2, 0.25) is 23.6 Å². The van der Waals surface area contributed by atoms with Gasteiger partial charge in [0.15, 0.2) is 0 Å². The zero-order valence-corrected chi connectivity index (χ0v) is 26.4. The number of nitrogens with one attached hydrogen (secondary N) is 2. The maximum Gasteiger partial charge on any atom is 0.328 e. The molecule has 0 bridgehead atoms. The van der Waals surface area contributed by atoms with Crippen LogP contribution in [0.25, 0.3) is 0 Å². The van der Waals surface area contributed by atoms with Gasteiger partial charge in [-0.25, -0.2) is 4.79 Å². The predicted octanol–water partition coefficient (Wildman–Crippen LogP) is 1.14. The van der Waals surface area contributed by atoms with E-state index in [0.29, 0.717) is 6.42 Å². The average molecular weight is 624 g/mol. The van der Waals surface area contributed by atoms with Gasteiger partial charge in [0.25, 0.3) is 0 Å². The zero-order chi connectivity index (χ0) is 33.1. The van der Waals surface area contributed by atoms with E-state index in [0.717, 1.165) is 11.1 Å². The number of nitrogens with two attached hydrogens (primary N) is 1. The van der Waals surface area contributed by atoms with Crippen LogP contribution in [0.1, 0.15) is 45.2 Å². The standard InChI is InChI=1S/C33H45N5O7/c1-5-45-33(44)28(17-21(2)3)38-16-15-37(27(32(38)43)19-23-9-7-6-8-10-23)29(40)20-35-30(41)22(4)36-31(42)26(34)18-24-11-13-25(39)14-12-24/h6-14,21-22,26-28,39H,5,15-20,34H2,1-4H3,(H,35,41)(H,36,42)/t22-,26+,27+,28+/m1/s1. The van der Waals surface area contributed by atoms with Crippen molar-refractivity contribution in [2.24, 2.45) is 11.7 Å². The fourth-order valence-corrected chi connectivity index (χ4v) is 5.27. The molecule has 3 rings (SSSR count). The highest BCUT2D eigenvalue weighted by atomic mass is 16.5. The van der Waals surface area contributed by atoms with Gasteiger partial charge < -0.3 is 36.0 Å².